The van der Waals surface area contributed by atoms with Crippen LogP contribution in [0.25, 0.3) is 0 Å². The Kier molecular flexibility index (Phi) is 7.44. The molecule has 0 saturated carbocycles. The third kappa shape index (κ3) is 5.50. The molecular weight excluding hydrogens is 482 g/mol. The molecule has 2 N–H and O–H groups in total. The van der Waals surface area contributed by atoms with Crippen molar-refractivity contribution in [1.29, 1.82) is 0 Å². The summed E-state index contributed by atoms with van der Waals surface area (Å²) in [5, 5.41) is 21.1. The van der Waals surface area contributed by atoms with E-state index in [1.54, 1.807) is 19.0 Å². The summed E-state index contributed by atoms with van der Waals surface area (Å²) < 4.78 is 96.0. The minimum Gasteiger partial charge on any atom is -0.496 e. The lowest BCUT2D eigenvalue weighted by molar-refractivity contribution is -0.287. The van der Waals surface area contributed by atoms with E-state index >= 15 is 0 Å². The van der Waals surface area contributed by atoms with Gasteiger partial charge in [0.15, 0.2) is 11.3 Å². The molecule has 0 aromatic heterocycles. The minimum absolute atomic E-state index is 0.199. The average Bonchev–Trinajstić information content (AvgIpc) is 3.14. The number of methoxy groups -OCH3 is 1. The van der Waals surface area contributed by atoms with Crippen molar-refractivity contribution in [1.82, 2.24) is 4.90 Å². The molecule has 1 fully saturated rings. The van der Waals surface area contributed by atoms with Crippen LogP contribution in [0.2, 0.25) is 0 Å². The Labute approximate surface area is 189 Å². The number of aliphatic hydroxyl groups excluding tert-OH is 2. The van der Waals surface area contributed by atoms with Gasteiger partial charge in [-0.15, -0.1) is 0 Å². The molecular formula is C19H22F6N2O5S. The first-order valence-corrected chi connectivity index (χ1v) is 10.5. The Balaban J connectivity index is 1.81. The Bertz CT molecular complexity index is 881. The summed E-state index contributed by atoms with van der Waals surface area (Å²) in [6, 6.07) is 1.75. The number of rotatable bonds is 5. The van der Waals surface area contributed by atoms with Gasteiger partial charge >= 0.3 is 12.4 Å². The summed E-state index contributed by atoms with van der Waals surface area (Å²) in [6.45, 7) is -0.861. The molecule has 0 bridgehead atoms. The molecule has 0 radical (unpaired) electrons. The lowest BCUT2D eigenvalue weighted by Gasteiger charge is -2.41. The van der Waals surface area contributed by atoms with Gasteiger partial charge in [0, 0.05) is 14.1 Å². The predicted octanol–water partition coefficient (Wildman–Crippen LogP) is 2.64. The normalized spacial score (nSPS) is 28.8. The highest BCUT2D eigenvalue weighted by atomic mass is 32.2. The number of nitrogens with zero attached hydrogens (tertiary/aromatic N) is 2. The molecule has 7 nitrogen and oxygen atoms in total. The fraction of sp³-hybridized carbons (Fsp3) is 0.632. The number of ether oxygens (including phenoxy) is 3. The average molecular weight is 504 g/mol. The number of amidine groups is 1. The Morgan fingerprint density at radius 2 is 1.82 bits per heavy atom. The van der Waals surface area contributed by atoms with Crippen LogP contribution in [0.1, 0.15) is 11.1 Å². The monoisotopic (exact) mass is 504 g/mol. The first kappa shape index (κ1) is 25.9. The van der Waals surface area contributed by atoms with E-state index in [2.05, 4.69) is 9.73 Å². The molecule has 2 aliphatic rings. The van der Waals surface area contributed by atoms with E-state index < -0.39 is 66.2 Å². The highest BCUT2D eigenvalue weighted by molar-refractivity contribution is 8.14. The second kappa shape index (κ2) is 9.49. The zero-order chi connectivity index (χ0) is 24.7. The number of aliphatic imine (C=N–C) groups is 1. The van der Waals surface area contributed by atoms with Gasteiger partial charge in [0.25, 0.3) is 0 Å². The lowest BCUT2D eigenvalue weighted by Crippen LogP contribution is -2.61. The topological polar surface area (TPSA) is 83.8 Å². The molecule has 186 valence electrons. The first-order chi connectivity index (χ1) is 15.2. The Morgan fingerprint density at radius 3 is 2.36 bits per heavy atom. The molecule has 2 heterocycles. The Morgan fingerprint density at radius 1 is 1.15 bits per heavy atom. The highest BCUT2D eigenvalue weighted by Crippen LogP contribution is 2.41. The van der Waals surface area contributed by atoms with Crippen molar-refractivity contribution < 1.29 is 50.8 Å². The van der Waals surface area contributed by atoms with Crippen LogP contribution in [0.5, 0.6) is 5.75 Å². The maximum Gasteiger partial charge on any atom is 0.419 e. The van der Waals surface area contributed by atoms with Crippen LogP contribution in [0.4, 0.5) is 26.3 Å². The van der Waals surface area contributed by atoms with Crippen molar-refractivity contribution in [3.8, 4) is 5.75 Å². The van der Waals surface area contributed by atoms with Gasteiger partial charge in [0.1, 0.15) is 35.5 Å². The van der Waals surface area contributed by atoms with Crippen LogP contribution in [0.15, 0.2) is 23.2 Å². The second-order valence-electron chi connectivity index (χ2n) is 7.67. The number of hydrogen-bond donors (Lipinski definition) is 2. The number of thioether (sulfide) groups is 1. The number of aliphatic hydroxyl groups is 2. The summed E-state index contributed by atoms with van der Waals surface area (Å²) in [4.78, 5) is 5.75. The molecule has 14 heteroatoms. The van der Waals surface area contributed by atoms with Crippen LogP contribution in [-0.2, 0) is 22.3 Å². The first-order valence-electron chi connectivity index (χ1n) is 9.60. The zero-order valence-corrected chi connectivity index (χ0v) is 18.4. The summed E-state index contributed by atoms with van der Waals surface area (Å²) >= 11 is 0.984. The maximum atomic E-state index is 13.8. The molecule has 3 rings (SSSR count). The van der Waals surface area contributed by atoms with Gasteiger partial charge < -0.3 is 29.3 Å². The fourth-order valence-corrected chi connectivity index (χ4v) is 4.62. The van der Waals surface area contributed by atoms with Gasteiger partial charge in [0.2, 0.25) is 0 Å². The summed E-state index contributed by atoms with van der Waals surface area (Å²) in [6.07, 6.45) is -18.2. The second-order valence-corrected chi connectivity index (χ2v) is 8.74. The number of benzene rings is 1. The molecule has 1 aromatic rings. The van der Waals surface area contributed by atoms with Gasteiger partial charge in [-0.05, 0) is 17.7 Å². The number of fused-ring (bicyclic) bond motifs is 1. The van der Waals surface area contributed by atoms with Crippen molar-refractivity contribution in [2.75, 3.05) is 21.2 Å². The number of halogens is 6. The summed E-state index contributed by atoms with van der Waals surface area (Å²) in [5.41, 5.74) is -2.37. The highest BCUT2D eigenvalue weighted by Gasteiger charge is 2.57. The minimum atomic E-state index is -5.05. The van der Waals surface area contributed by atoms with E-state index in [0.29, 0.717) is 11.2 Å². The van der Waals surface area contributed by atoms with E-state index in [9.17, 15) is 36.6 Å². The van der Waals surface area contributed by atoms with Gasteiger partial charge in [-0.3, -0.25) is 4.99 Å². The molecule has 0 amide bonds. The molecule has 0 spiro atoms. The maximum absolute atomic E-state index is 13.8. The van der Waals surface area contributed by atoms with E-state index in [1.165, 1.54) is 0 Å². The summed E-state index contributed by atoms with van der Waals surface area (Å²) in [7, 11) is 4.33. The smallest absolute Gasteiger partial charge is 0.419 e. The molecule has 1 saturated heterocycles. The molecule has 33 heavy (non-hydrogen) atoms. The molecule has 2 aliphatic heterocycles. The molecule has 6 unspecified atom stereocenters. The van der Waals surface area contributed by atoms with E-state index in [4.69, 9.17) is 9.47 Å². The molecule has 1 aromatic carbocycles. The van der Waals surface area contributed by atoms with Gasteiger partial charge in [-0.2, -0.15) is 26.3 Å². The van der Waals surface area contributed by atoms with Gasteiger partial charge in [0.05, 0.1) is 19.3 Å². The lowest BCUT2D eigenvalue weighted by atomic mass is 9.94. The van der Waals surface area contributed by atoms with Gasteiger partial charge in [-0.25, -0.2) is 0 Å². The largest absolute Gasteiger partial charge is 0.496 e. The standard InChI is InChI=1S/C19H22F6N2O5S/c1-27(2)17-26-11-12(28)13(29)14(32-16(11)33-17)15(19(23,24)25)31-7-8-4-5-10(30-3)9(6-8)18(20,21)22/h4-6,11-16,28-29H,7H2,1-3H3. The van der Waals surface area contributed by atoms with Crippen molar-refractivity contribution in [2.45, 2.75) is 54.9 Å². The molecule has 0 aliphatic carbocycles. The third-order valence-electron chi connectivity index (χ3n) is 5.09. The van der Waals surface area contributed by atoms with E-state index in [1.807, 2.05) is 0 Å². The van der Waals surface area contributed by atoms with Crippen molar-refractivity contribution in [3.63, 3.8) is 0 Å². The predicted molar refractivity (Wildman–Crippen MR) is 106 cm³/mol. The Hall–Kier alpha value is -1.74. The molecule has 6 atom stereocenters. The van der Waals surface area contributed by atoms with E-state index in [-0.39, 0.29) is 5.56 Å². The quantitative estimate of drug-likeness (QED) is 0.597. The van der Waals surface area contributed by atoms with Gasteiger partial charge in [-0.1, -0.05) is 17.8 Å². The zero-order valence-electron chi connectivity index (χ0n) is 17.6. The van der Waals surface area contributed by atoms with Crippen molar-refractivity contribution >= 4 is 16.9 Å². The van der Waals surface area contributed by atoms with Crippen LogP contribution in [0.3, 0.4) is 0 Å². The van der Waals surface area contributed by atoms with E-state index in [0.717, 1.165) is 31.0 Å². The van der Waals surface area contributed by atoms with Crippen LogP contribution in [0, 0.1) is 0 Å². The summed E-state index contributed by atoms with van der Waals surface area (Å²) in [5.74, 6) is -0.492. The number of alkyl halides is 6. The number of hydrogen-bond acceptors (Lipinski definition) is 8. The third-order valence-corrected chi connectivity index (χ3v) is 6.39. The van der Waals surface area contributed by atoms with Crippen molar-refractivity contribution in [2.24, 2.45) is 4.99 Å². The fourth-order valence-electron chi connectivity index (χ4n) is 3.47. The van der Waals surface area contributed by atoms with Crippen molar-refractivity contribution in [3.05, 3.63) is 29.3 Å². The van der Waals surface area contributed by atoms with Crippen LogP contribution >= 0.6 is 11.8 Å². The SMILES string of the molecule is COc1ccc(COC(C2OC3SC(N(C)C)=NC3C(O)C2O)C(F)(F)F)cc1C(F)(F)F. The van der Waals surface area contributed by atoms with Crippen LogP contribution < -0.4 is 4.74 Å². The van der Waals surface area contributed by atoms with Crippen LogP contribution in [-0.4, -0.2) is 83.6 Å².